The SMILES string of the molecule is O=c1oc2ccc([N+](=O)[O-])cc2cc1-c1nnc(NCc2ccccc2)s1. The van der Waals surface area contributed by atoms with Crippen LogP contribution in [0.5, 0.6) is 0 Å². The van der Waals surface area contributed by atoms with E-state index in [-0.39, 0.29) is 16.8 Å². The van der Waals surface area contributed by atoms with Gasteiger partial charge in [0.05, 0.1) is 10.5 Å². The van der Waals surface area contributed by atoms with Crippen molar-refractivity contribution < 1.29 is 9.34 Å². The van der Waals surface area contributed by atoms with Crippen LogP contribution in [0.15, 0.2) is 63.8 Å². The number of nitro groups is 1. The molecule has 0 atom stereocenters. The number of hydrogen-bond donors (Lipinski definition) is 1. The summed E-state index contributed by atoms with van der Waals surface area (Å²) < 4.78 is 5.26. The van der Waals surface area contributed by atoms with Gasteiger partial charge in [-0.3, -0.25) is 10.1 Å². The predicted octanol–water partition coefficient (Wildman–Crippen LogP) is 3.83. The molecule has 0 spiro atoms. The Hall–Kier alpha value is -3.59. The lowest BCUT2D eigenvalue weighted by Crippen LogP contribution is -2.02. The molecule has 1 N–H and O–H groups in total. The highest BCUT2D eigenvalue weighted by molar-refractivity contribution is 7.18. The van der Waals surface area contributed by atoms with Crippen molar-refractivity contribution in [1.82, 2.24) is 10.2 Å². The molecule has 0 aliphatic carbocycles. The number of nitro benzene ring substituents is 1. The molecule has 9 heteroatoms. The Kier molecular flexibility index (Phi) is 4.35. The molecule has 134 valence electrons. The van der Waals surface area contributed by atoms with Gasteiger partial charge in [0.2, 0.25) is 5.13 Å². The molecular weight excluding hydrogens is 368 g/mol. The molecule has 4 rings (SSSR count). The molecule has 2 aromatic heterocycles. The summed E-state index contributed by atoms with van der Waals surface area (Å²) in [5.41, 5.74) is 0.938. The fourth-order valence-electron chi connectivity index (χ4n) is 2.55. The number of hydrogen-bond acceptors (Lipinski definition) is 8. The Labute approximate surface area is 156 Å². The summed E-state index contributed by atoms with van der Waals surface area (Å²) in [6.45, 7) is 0.577. The van der Waals surface area contributed by atoms with Crippen LogP contribution in [0.2, 0.25) is 0 Å². The number of nitrogens with zero attached hydrogens (tertiary/aromatic N) is 3. The molecule has 0 fully saturated rings. The second-order valence-corrected chi connectivity index (χ2v) is 6.66. The van der Waals surface area contributed by atoms with Gasteiger partial charge in [-0.25, -0.2) is 4.79 Å². The summed E-state index contributed by atoms with van der Waals surface area (Å²) in [7, 11) is 0. The van der Waals surface area contributed by atoms with E-state index in [1.807, 2.05) is 30.3 Å². The third-order valence-electron chi connectivity index (χ3n) is 3.87. The van der Waals surface area contributed by atoms with Crippen molar-refractivity contribution in [2.75, 3.05) is 5.32 Å². The van der Waals surface area contributed by atoms with Crippen molar-refractivity contribution in [2.45, 2.75) is 6.54 Å². The molecule has 0 bridgehead atoms. The molecule has 0 aliphatic heterocycles. The Balaban J connectivity index is 1.63. The summed E-state index contributed by atoms with van der Waals surface area (Å²) in [5.74, 6) is 0. The highest BCUT2D eigenvalue weighted by Crippen LogP contribution is 2.28. The molecule has 0 aliphatic rings. The molecule has 0 radical (unpaired) electrons. The number of rotatable bonds is 5. The lowest BCUT2D eigenvalue weighted by Gasteiger charge is -2.01. The van der Waals surface area contributed by atoms with E-state index in [0.29, 0.717) is 22.1 Å². The van der Waals surface area contributed by atoms with E-state index in [2.05, 4.69) is 15.5 Å². The predicted molar refractivity (Wildman–Crippen MR) is 102 cm³/mol. The van der Waals surface area contributed by atoms with Crippen molar-refractivity contribution in [3.63, 3.8) is 0 Å². The number of anilines is 1. The minimum atomic E-state index is -0.567. The maximum absolute atomic E-state index is 12.3. The minimum absolute atomic E-state index is 0.0789. The van der Waals surface area contributed by atoms with E-state index < -0.39 is 10.5 Å². The number of aromatic nitrogens is 2. The van der Waals surface area contributed by atoms with Crippen LogP contribution in [0.1, 0.15) is 5.56 Å². The van der Waals surface area contributed by atoms with Crippen molar-refractivity contribution in [1.29, 1.82) is 0 Å². The monoisotopic (exact) mass is 380 g/mol. The topological polar surface area (TPSA) is 111 Å². The fraction of sp³-hybridized carbons (Fsp3) is 0.0556. The largest absolute Gasteiger partial charge is 0.422 e. The molecule has 8 nitrogen and oxygen atoms in total. The maximum atomic E-state index is 12.3. The fourth-order valence-corrected chi connectivity index (χ4v) is 3.29. The van der Waals surface area contributed by atoms with E-state index in [1.54, 1.807) is 0 Å². The first-order valence-electron chi connectivity index (χ1n) is 7.94. The summed E-state index contributed by atoms with van der Waals surface area (Å²) >= 11 is 1.21. The second kappa shape index (κ2) is 6.96. The average molecular weight is 380 g/mol. The van der Waals surface area contributed by atoms with Crippen LogP contribution in [-0.4, -0.2) is 15.1 Å². The smallest absolute Gasteiger partial charge is 0.346 e. The number of benzene rings is 2. The van der Waals surface area contributed by atoms with E-state index >= 15 is 0 Å². The van der Waals surface area contributed by atoms with Crippen molar-refractivity contribution in [2.24, 2.45) is 0 Å². The number of nitrogens with one attached hydrogen (secondary N) is 1. The molecule has 4 aromatic rings. The van der Waals surface area contributed by atoms with Gasteiger partial charge in [0.15, 0.2) is 5.01 Å². The summed E-state index contributed by atoms with van der Waals surface area (Å²) in [6.07, 6.45) is 0. The first-order valence-corrected chi connectivity index (χ1v) is 8.76. The van der Waals surface area contributed by atoms with Gasteiger partial charge < -0.3 is 9.73 Å². The molecule has 2 heterocycles. The zero-order valence-electron chi connectivity index (χ0n) is 13.8. The molecular formula is C18H12N4O4S. The zero-order chi connectivity index (χ0) is 18.8. The van der Waals surface area contributed by atoms with Crippen molar-refractivity contribution >= 4 is 33.1 Å². The first kappa shape index (κ1) is 16.9. The molecule has 27 heavy (non-hydrogen) atoms. The molecule has 0 amide bonds. The van der Waals surface area contributed by atoms with E-state index in [4.69, 9.17) is 4.42 Å². The van der Waals surface area contributed by atoms with E-state index in [1.165, 1.54) is 35.6 Å². The van der Waals surface area contributed by atoms with Gasteiger partial charge in [0.1, 0.15) is 5.58 Å². The lowest BCUT2D eigenvalue weighted by molar-refractivity contribution is -0.384. The number of fused-ring (bicyclic) bond motifs is 1. The Morgan fingerprint density at radius 3 is 2.70 bits per heavy atom. The first-order chi connectivity index (χ1) is 13.1. The maximum Gasteiger partial charge on any atom is 0.346 e. The normalized spacial score (nSPS) is 10.8. The van der Waals surface area contributed by atoms with Crippen molar-refractivity contribution in [3.8, 4) is 10.6 Å². The van der Waals surface area contributed by atoms with Crippen LogP contribution in [0, 0.1) is 10.1 Å². The summed E-state index contributed by atoms with van der Waals surface area (Å²) in [4.78, 5) is 22.7. The summed E-state index contributed by atoms with van der Waals surface area (Å²) in [6, 6.07) is 15.4. The van der Waals surface area contributed by atoms with Crippen molar-refractivity contribution in [3.05, 3.63) is 80.7 Å². The Bertz CT molecular complexity index is 1190. The second-order valence-electron chi connectivity index (χ2n) is 5.68. The minimum Gasteiger partial charge on any atom is -0.422 e. The van der Waals surface area contributed by atoms with Gasteiger partial charge in [-0.2, -0.15) is 0 Å². The molecule has 2 aromatic carbocycles. The van der Waals surface area contributed by atoms with Gasteiger partial charge in [0, 0.05) is 24.1 Å². The number of non-ortho nitro benzene ring substituents is 1. The lowest BCUT2D eigenvalue weighted by atomic mass is 10.2. The standard InChI is InChI=1S/C18H12N4O4S/c23-17-14(9-12-8-13(22(24)25)6-7-15(12)26-17)16-20-21-18(27-16)19-10-11-4-2-1-3-5-11/h1-9H,10H2,(H,19,21). The third-order valence-corrected chi connectivity index (χ3v) is 4.78. The van der Waals surface area contributed by atoms with Gasteiger partial charge in [-0.15, -0.1) is 10.2 Å². The van der Waals surface area contributed by atoms with Gasteiger partial charge in [-0.05, 0) is 17.7 Å². The van der Waals surface area contributed by atoms with Gasteiger partial charge in [0.25, 0.3) is 5.69 Å². The molecule has 0 unspecified atom stereocenters. The zero-order valence-corrected chi connectivity index (χ0v) is 14.6. The van der Waals surface area contributed by atoms with Crippen LogP contribution < -0.4 is 10.9 Å². The van der Waals surface area contributed by atoms with Crippen LogP contribution in [-0.2, 0) is 6.54 Å². The van der Waals surface area contributed by atoms with Crippen LogP contribution >= 0.6 is 11.3 Å². The average Bonchev–Trinajstić information content (AvgIpc) is 3.15. The van der Waals surface area contributed by atoms with Crippen LogP contribution in [0.4, 0.5) is 10.8 Å². The van der Waals surface area contributed by atoms with Crippen LogP contribution in [0.25, 0.3) is 21.5 Å². The highest BCUT2D eigenvalue weighted by atomic mass is 32.1. The quantitative estimate of drug-likeness (QED) is 0.318. The molecule has 0 saturated heterocycles. The third kappa shape index (κ3) is 3.53. The summed E-state index contributed by atoms with van der Waals surface area (Å²) in [5, 5.41) is 23.6. The van der Waals surface area contributed by atoms with Crippen LogP contribution in [0.3, 0.4) is 0 Å². The highest BCUT2D eigenvalue weighted by Gasteiger charge is 2.15. The Morgan fingerprint density at radius 1 is 1.11 bits per heavy atom. The van der Waals surface area contributed by atoms with Gasteiger partial charge in [-0.1, -0.05) is 41.7 Å². The Morgan fingerprint density at radius 2 is 1.93 bits per heavy atom. The van der Waals surface area contributed by atoms with E-state index in [0.717, 1.165) is 5.56 Å². The van der Waals surface area contributed by atoms with E-state index in [9.17, 15) is 14.9 Å². The van der Waals surface area contributed by atoms with Gasteiger partial charge >= 0.3 is 5.63 Å². The molecule has 0 saturated carbocycles.